The summed E-state index contributed by atoms with van der Waals surface area (Å²) >= 11 is 0. The summed E-state index contributed by atoms with van der Waals surface area (Å²) in [5, 5.41) is 0. The van der Waals surface area contributed by atoms with Gasteiger partial charge in [-0.1, -0.05) is 88.1 Å². The molecule has 0 aliphatic heterocycles. The quantitative estimate of drug-likeness (QED) is 0.447. The van der Waals surface area contributed by atoms with E-state index in [9.17, 15) is 0 Å². The SMILES string of the molecule is CCCCCC1CCC(c2ccc(C3(CC)C=CC=CC3)cc2)CC1. The summed E-state index contributed by atoms with van der Waals surface area (Å²) in [5.74, 6) is 1.81. The first kappa shape index (κ1) is 18.5. The predicted octanol–water partition coefficient (Wildman–Crippen LogP) is 7.70. The van der Waals surface area contributed by atoms with Crippen LogP contribution in [0.5, 0.6) is 0 Å². The van der Waals surface area contributed by atoms with Crippen molar-refractivity contribution < 1.29 is 0 Å². The number of hydrogen-bond acceptors (Lipinski definition) is 0. The monoisotopic (exact) mass is 336 g/mol. The van der Waals surface area contributed by atoms with E-state index in [0.29, 0.717) is 0 Å². The third kappa shape index (κ3) is 4.46. The fourth-order valence-corrected chi connectivity index (χ4v) is 4.90. The Labute approximate surface area is 155 Å². The minimum atomic E-state index is 0.226. The van der Waals surface area contributed by atoms with Gasteiger partial charge in [0.05, 0.1) is 0 Å². The Morgan fingerprint density at radius 1 is 0.920 bits per heavy atom. The Hall–Kier alpha value is -1.30. The lowest BCUT2D eigenvalue weighted by Gasteiger charge is -2.32. The third-order valence-electron chi connectivity index (χ3n) is 6.80. The Balaban J connectivity index is 1.58. The second kappa shape index (κ2) is 8.88. The molecule has 1 aromatic rings. The first-order valence-electron chi connectivity index (χ1n) is 10.7. The van der Waals surface area contributed by atoms with Crippen LogP contribution in [0.2, 0.25) is 0 Å². The van der Waals surface area contributed by atoms with Gasteiger partial charge in [-0.25, -0.2) is 0 Å². The molecule has 0 aromatic heterocycles. The van der Waals surface area contributed by atoms with Crippen molar-refractivity contribution in [2.75, 3.05) is 0 Å². The van der Waals surface area contributed by atoms with Gasteiger partial charge in [0.2, 0.25) is 0 Å². The highest BCUT2D eigenvalue weighted by atomic mass is 14.3. The maximum atomic E-state index is 2.43. The zero-order valence-corrected chi connectivity index (χ0v) is 16.3. The molecule has 0 heterocycles. The van der Waals surface area contributed by atoms with Crippen molar-refractivity contribution in [3.05, 3.63) is 59.7 Å². The molecule has 0 heteroatoms. The molecule has 1 fully saturated rings. The van der Waals surface area contributed by atoms with E-state index in [2.05, 4.69) is 62.4 Å². The molecule has 1 aromatic carbocycles. The molecule has 0 amide bonds. The second-order valence-electron chi connectivity index (χ2n) is 8.34. The van der Waals surface area contributed by atoms with Gasteiger partial charge >= 0.3 is 0 Å². The van der Waals surface area contributed by atoms with Crippen LogP contribution in [0.1, 0.15) is 95.1 Å². The van der Waals surface area contributed by atoms with Crippen LogP contribution >= 0.6 is 0 Å². The third-order valence-corrected chi connectivity index (χ3v) is 6.80. The number of allylic oxidation sites excluding steroid dienone is 4. The normalized spacial score (nSPS) is 29.0. The standard InChI is InChI=1S/C25H36/c1-3-5-7-10-21-11-13-22(14-12-21)23-15-17-24(18-16-23)25(4-2)19-8-6-9-20-25/h6,8-9,15-19,21-22H,3-5,7,10-14,20H2,1-2H3. The van der Waals surface area contributed by atoms with Crippen LogP contribution in [0.25, 0.3) is 0 Å². The van der Waals surface area contributed by atoms with Crippen molar-refractivity contribution in [3.8, 4) is 0 Å². The van der Waals surface area contributed by atoms with E-state index >= 15 is 0 Å². The van der Waals surface area contributed by atoms with E-state index in [1.807, 2.05) is 0 Å². The summed E-state index contributed by atoms with van der Waals surface area (Å²) in [7, 11) is 0. The van der Waals surface area contributed by atoms with Crippen molar-refractivity contribution in [1.82, 2.24) is 0 Å². The van der Waals surface area contributed by atoms with E-state index in [4.69, 9.17) is 0 Å². The maximum Gasteiger partial charge on any atom is 0.0167 e. The lowest BCUT2D eigenvalue weighted by Crippen LogP contribution is -2.23. The molecule has 0 radical (unpaired) electrons. The molecule has 2 aliphatic rings. The first-order chi connectivity index (χ1) is 12.3. The fourth-order valence-electron chi connectivity index (χ4n) is 4.90. The van der Waals surface area contributed by atoms with Crippen molar-refractivity contribution >= 4 is 0 Å². The van der Waals surface area contributed by atoms with Crippen LogP contribution in [0, 0.1) is 5.92 Å². The lowest BCUT2D eigenvalue weighted by molar-refractivity contribution is 0.302. The van der Waals surface area contributed by atoms with Gasteiger partial charge in [-0.05, 0) is 61.5 Å². The number of unbranched alkanes of at least 4 members (excludes halogenated alkanes) is 2. The molecule has 25 heavy (non-hydrogen) atoms. The summed E-state index contributed by atoms with van der Waals surface area (Å²) < 4.78 is 0. The number of benzene rings is 1. The minimum absolute atomic E-state index is 0.226. The van der Waals surface area contributed by atoms with Crippen molar-refractivity contribution in [1.29, 1.82) is 0 Å². The smallest absolute Gasteiger partial charge is 0.0167 e. The molecule has 1 unspecified atom stereocenters. The fraction of sp³-hybridized carbons (Fsp3) is 0.600. The summed E-state index contributed by atoms with van der Waals surface area (Å²) in [4.78, 5) is 0. The van der Waals surface area contributed by atoms with Crippen molar-refractivity contribution in [2.45, 2.75) is 89.4 Å². The van der Waals surface area contributed by atoms with E-state index in [1.165, 1.54) is 63.4 Å². The highest BCUT2D eigenvalue weighted by molar-refractivity contribution is 5.38. The zero-order valence-electron chi connectivity index (χ0n) is 16.3. The summed E-state index contributed by atoms with van der Waals surface area (Å²) in [6.07, 6.45) is 22.8. The van der Waals surface area contributed by atoms with Gasteiger partial charge in [0.25, 0.3) is 0 Å². The Bertz CT molecular complexity index is 569. The Morgan fingerprint density at radius 2 is 1.68 bits per heavy atom. The predicted molar refractivity (Wildman–Crippen MR) is 110 cm³/mol. The van der Waals surface area contributed by atoms with Gasteiger partial charge in [-0.3, -0.25) is 0 Å². The van der Waals surface area contributed by atoms with Gasteiger partial charge in [-0.15, -0.1) is 0 Å². The summed E-state index contributed by atoms with van der Waals surface area (Å²) in [6, 6.07) is 9.69. The highest BCUT2D eigenvalue weighted by Crippen LogP contribution is 2.40. The maximum absolute atomic E-state index is 2.43. The van der Waals surface area contributed by atoms with Crippen molar-refractivity contribution in [3.63, 3.8) is 0 Å². The molecule has 2 aliphatic carbocycles. The van der Waals surface area contributed by atoms with Crippen molar-refractivity contribution in [2.24, 2.45) is 5.92 Å². The first-order valence-corrected chi connectivity index (χ1v) is 10.7. The van der Waals surface area contributed by atoms with Crippen LogP contribution in [-0.4, -0.2) is 0 Å². The van der Waals surface area contributed by atoms with Gasteiger partial charge in [-0.2, -0.15) is 0 Å². The zero-order chi connectivity index (χ0) is 17.5. The molecule has 1 saturated carbocycles. The van der Waals surface area contributed by atoms with Gasteiger partial charge in [0, 0.05) is 5.41 Å². The molecule has 1 atom stereocenters. The highest BCUT2D eigenvalue weighted by Gasteiger charge is 2.28. The van der Waals surface area contributed by atoms with Gasteiger partial charge in [0.1, 0.15) is 0 Å². The van der Waals surface area contributed by atoms with E-state index < -0.39 is 0 Å². The van der Waals surface area contributed by atoms with Crippen LogP contribution < -0.4 is 0 Å². The van der Waals surface area contributed by atoms with E-state index in [1.54, 1.807) is 5.56 Å². The van der Waals surface area contributed by atoms with Crippen LogP contribution in [0.3, 0.4) is 0 Å². The van der Waals surface area contributed by atoms with Gasteiger partial charge in [0.15, 0.2) is 0 Å². The Morgan fingerprint density at radius 3 is 2.28 bits per heavy atom. The molecular formula is C25H36. The molecular weight excluding hydrogens is 300 g/mol. The molecule has 0 bridgehead atoms. The molecule has 0 spiro atoms. The summed E-state index contributed by atoms with van der Waals surface area (Å²) in [5.41, 5.74) is 3.30. The minimum Gasteiger partial charge on any atom is -0.0833 e. The lowest BCUT2D eigenvalue weighted by atomic mass is 9.72. The van der Waals surface area contributed by atoms with Crippen LogP contribution in [0.15, 0.2) is 48.6 Å². The average Bonchev–Trinajstić information content (AvgIpc) is 2.69. The molecule has 0 N–H and O–H groups in total. The molecule has 0 saturated heterocycles. The molecule has 0 nitrogen and oxygen atoms in total. The number of hydrogen-bond donors (Lipinski definition) is 0. The van der Waals surface area contributed by atoms with Crippen LogP contribution in [-0.2, 0) is 5.41 Å². The Kier molecular flexibility index (Phi) is 6.57. The molecule has 3 rings (SSSR count). The average molecular weight is 337 g/mol. The van der Waals surface area contributed by atoms with Crippen LogP contribution in [0.4, 0.5) is 0 Å². The second-order valence-corrected chi connectivity index (χ2v) is 8.34. The summed E-state index contributed by atoms with van der Waals surface area (Å²) in [6.45, 7) is 4.62. The largest absolute Gasteiger partial charge is 0.0833 e. The van der Waals surface area contributed by atoms with E-state index in [0.717, 1.165) is 18.3 Å². The van der Waals surface area contributed by atoms with Gasteiger partial charge < -0.3 is 0 Å². The van der Waals surface area contributed by atoms with E-state index in [-0.39, 0.29) is 5.41 Å². The number of rotatable bonds is 7. The topological polar surface area (TPSA) is 0 Å². The molecule has 136 valence electrons.